The van der Waals surface area contributed by atoms with Crippen molar-refractivity contribution in [1.82, 2.24) is 0 Å². The van der Waals surface area contributed by atoms with Crippen molar-refractivity contribution < 1.29 is 20.1 Å². The Kier molecular flexibility index (Phi) is 4.80. The molecule has 1 aromatic rings. The number of hydrogen-bond acceptors (Lipinski definition) is 5. The summed E-state index contributed by atoms with van der Waals surface area (Å²) in [6, 6.07) is 4.00. The molecule has 0 spiro atoms. The van der Waals surface area contributed by atoms with Crippen molar-refractivity contribution in [2.24, 2.45) is 0 Å². The first-order chi connectivity index (χ1) is 7.97. The molecule has 0 bridgehead atoms. The fourth-order valence-corrected chi connectivity index (χ4v) is 1.74. The average Bonchev–Trinajstić information content (AvgIpc) is 2.28. The van der Waals surface area contributed by atoms with E-state index < -0.39 is 18.2 Å². The predicted molar refractivity (Wildman–Crippen MR) is 67.3 cm³/mol. The van der Waals surface area contributed by atoms with Crippen molar-refractivity contribution in [2.45, 2.75) is 18.6 Å². The molecule has 5 nitrogen and oxygen atoms in total. The first-order valence-corrected chi connectivity index (χ1v) is 5.70. The summed E-state index contributed by atoms with van der Waals surface area (Å²) in [5, 5.41) is 28.2. The number of hydrogen-bond donors (Lipinski definition) is 5. The Morgan fingerprint density at radius 1 is 1.41 bits per heavy atom. The van der Waals surface area contributed by atoms with Gasteiger partial charge in [0.25, 0.3) is 0 Å². The highest BCUT2D eigenvalue weighted by Crippen LogP contribution is 2.25. The number of aliphatic hydroxyl groups is 2. The number of benzene rings is 1. The molecule has 1 aromatic carbocycles. The molecule has 6 heteroatoms. The van der Waals surface area contributed by atoms with Crippen molar-refractivity contribution in [3.05, 3.63) is 29.3 Å². The Balaban J connectivity index is 2.95. The van der Waals surface area contributed by atoms with Crippen LogP contribution in [0, 0.1) is 0 Å². The molecule has 0 amide bonds. The first kappa shape index (κ1) is 13.8. The van der Waals surface area contributed by atoms with Crippen LogP contribution >= 0.6 is 12.6 Å². The van der Waals surface area contributed by atoms with E-state index in [0.717, 1.165) is 0 Å². The van der Waals surface area contributed by atoms with E-state index in [-0.39, 0.29) is 11.3 Å². The molecule has 2 unspecified atom stereocenters. The van der Waals surface area contributed by atoms with Crippen LogP contribution < -0.4 is 5.73 Å². The molecule has 94 valence electrons. The number of thiol groups is 1. The van der Waals surface area contributed by atoms with Crippen molar-refractivity contribution in [2.75, 3.05) is 11.5 Å². The van der Waals surface area contributed by atoms with Crippen LogP contribution in [0.1, 0.15) is 28.4 Å². The van der Waals surface area contributed by atoms with Gasteiger partial charge in [0.05, 0.1) is 11.7 Å². The normalized spacial score (nSPS) is 14.3. The number of rotatable bonds is 5. The highest BCUT2D eigenvalue weighted by molar-refractivity contribution is 7.80. The summed E-state index contributed by atoms with van der Waals surface area (Å²) in [5.74, 6) is -0.653. The second-order valence-corrected chi connectivity index (χ2v) is 4.12. The minimum absolute atomic E-state index is 0.0436. The molecule has 0 heterocycles. The molecule has 0 aliphatic heterocycles. The van der Waals surface area contributed by atoms with E-state index in [1.54, 1.807) is 0 Å². The topological polar surface area (TPSA) is 104 Å². The molecule has 0 fully saturated rings. The molecule has 0 radical (unpaired) electrons. The molecular formula is C11H15NO4S. The van der Waals surface area contributed by atoms with Gasteiger partial charge in [0, 0.05) is 11.3 Å². The summed E-state index contributed by atoms with van der Waals surface area (Å²) in [6.45, 7) is 0. The third-order valence-electron chi connectivity index (χ3n) is 2.44. The second kappa shape index (κ2) is 5.90. The van der Waals surface area contributed by atoms with Gasteiger partial charge in [0.15, 0.2) is 0 Å². The fourth-order valence-electron chi connectivity index (χ4n) is 1.47. The molecule has 0 saturated heterocycles. The van der Waals surface area contributed by atoms with Crippen LogP contribution in [0.3, 0.4) is 0 Å². The highest BCUT2D eigenvalue weighted by Gasteiger charge is 2.20. The Bertz CT molecular complexity index is 410. The number of nitrogen functional groups attached to an aromatic ring is 1. The van der Waals surface area contributed by atoms with Crippen LogP contribution in [-0.2, 0) is 0 Å². The van der Waals surface area contributed by atoms with Crippen LogP contribution in [0.2, 0.25) is 0 Å². The number of anilines is 1. The third kappa shape index (κ3) is 3.36. The van der Waals surface area contributed by atoms with E-state index in [4.69, 9.17) is 10.8 Å². The third-order valence-corrected chi connectivity index (χ3v) is 2.70. The van der Waals surface area contributed by atoms with Crippen molar-refractivity contribution in [3.8, 4) is 0 Å². The zero-order valence-electron chi connectivity index (χ0n) is 9.08. The summed E-state index contributed by atoms with van der Waals surface area (Å²) in [4.78, 5) is 10.7. The summed E-state index contributed by atoms with van der Waals surface area (Å²) >= 11 is 3.96. The van der Waals surface area contributed by atoms with Gasteiger partial charge in [0.1, 0.15) is 6.10 Å². The van der Waals surface area contributed by atoms with Crippen molar-refractivity contribution in [3.63, 3.8) is 0 Å². The second-order valence-electron chi connectivity index (χ2n) is 3.67. The number of carboxylic acids is 1. The van der Waals surface area contributed by atoms with E-state index in [2.05, 4.69) is 12.6 Å². The standard InChI is InChI=1S/C11H15NO4S/c12-8-5-6(11(15)16)1-2-7(8)10(14)9(13)3-4-17/h1-2,5,9-10,13-14,17H,3-4,12H2,(H,15,16). The van der Waals surface area contributed by atoms with Gasteiger partial charge < -0.3 is 21.1 Å². The quantitative estimate of drug-likeness (QED) is 0.394. The van der Waals surface area contributed by atoms with Gasteiger partial charge in [0.2, 0.25) is 0 Å². The summed E-state index contributed by atoms with van der Waals surface area (Å²) in [7, 11) is 0. The van der Waals surface area contributed by atoms with Crippen LogP contribution in [0.4, 0.5) is 5.69 Å². The molecule has 1 rings (SSSR count). The number of carbonyl (C=O) groups is 1. The van der Waals surface area contributed by atoms with E-state index in [0.29, 0.717) is 17.7 Å². The maximum absolute atomic E-state index is 10.7. The first-order valence-electron chi connectivity index (χ1n) is 5.07. The highest BCUT2D eigenvalue weighted by atomic mass is 32.1. The van der Waals surface area contributed by atoms with Gasteiger partial charge in [-0.1, -0.05) is 6.07 Å². The van der Waals surface area contributed by atoms with E-state index in [1.165, 1.54) is 18.2 Å². The van der Waals surface area contributed by atoms with Gasteiger partial charge >= 0.3 is 5.97 Å². The SMILES string of the molecule is Nc1cc(C(=O)O)ccc1C(O)C(O)CCS. The predicted octanol–water partition coefficient (Wildman–Crippen LogP) is 0.681. The molecule has 17 heavy (non-hydrogen) atoms. The number of nitrogens with two attached hydrogens (primary N) is 1. The lowest BCUT2D eigenvalue weighted by Crippen LogP contribution is -2.20. The number of aliphatic hydroxyl groups excluding tert-OH is 2. The zero-order chi connectivity index (χ0) is 13.0. The zero-order valence-corrected chi connectivity index (χ0v) is 9.97. The van der Waals surface area contributed by atoms with Crippen LogP contribution in [0.15, 0.2) is 18.2 Å². The molecule has 0 aliphatic rings. The van der Waals surface area contributed by atoms with Gasteiger partial charge in [-0.25, -0.2) is 4.79 Å². The maximum Gasteiger partial charge on any atom is 0.335 e. The van der Waals surface area contributed by atoms with E-state index in [9.17, 15) is 15.0 Å². The Labute approximate surface area is 104 Å². The number of carboxylic acid groups (broad SMARTS) is 1. The molecule has 0 aromatic heterocycles. The van der Waals surface area contributed by atoms with E-state index >= 15 is 0 Å². The van der Waals surface area contributed by atoms with Crippen LogP contribution in [0.5, 0.6) is 0 Å². The summed E-state index contributed by atoms with van der Waals surface area (Å²) < 4.78 is 0. The monoisotopic (exact) mass is 257 g/mol. The summed E-state index contributed by atoms with van der Waals surface area (Å²) in [5.41, 5.74) is 6.16. The van der Waals surface area contributed by atoms with Gasteiger partial charge in [-0.05, 0) is 24.3 Å². The Hall–Kier alpha value is -1.24. The van der Waals surface area contributed by atoms with E-state index in [1.807, 2.05) is 0 Å². The Morgan fingerprint density at radius 2 is 2.06 bits per heavy atom. The molecule has 5 N–H and O–H groups in total. The van der Waals surface area contributed by atoms with Crippen LogP contribution in [0.25, 0.3) is 0 Å². The molecule has 0 aliphatic carbocycles. The lowest BCUT2D eigenvalue weighted by Gasteiger charge is -2.19. The van der Waals surface area contributed by atoms with Crippen molar-refractivity contribution in [1.29, 1.82) is 0 Å². The lowest BCUT2D eigenvalue weighted by molar-refractivity contribution is 0.0176. The smallest absolute Gasteiger partial charge is 0.335 e. The largest absolute Gasteiger partial charge is 0.478 e. The molecule has 2 atom stereocenters. The minimum atomic E-state index is -1.13. The Morgan fingerprint density at radius 3 is 2.53 bits per heavy atom. The molecular weight excluding hydrogens is 242 g/mol. The fraction of sp³-hybridized carbons (Fsp3) is 0.364. The van der Waals surface area contributed by atoms with Crippen LogP contribution in [-0.4, -0.2) is 33.1 Å². The summed E-state index contributed by atoms with van der Waals surface area (Å²) in [6.07, 6.45) is -1.78. The molecule has 0 saturated carbocycles. The minimum Gasteiger partial charge on any atom is -0.478 e. The maximum atomic E-state index is 10.7. The average molecular weight is 257 g/mol. The van der Waals surface area contributed by atoms with Gasteiger partial charge in [-0.15, -0.1) is 0 Å². The van der Waals surface area contributed by atoms with Gasteiger partial charge in [-0.2, -0.15) is 12.6 Å². The number of aromatic carboxylic acids is 1. The lowest BCUT2D eigenvalue weighted by atomic mass is 9.99. The van der Waals surface area contributed by atoms with Crippen molar-refractivity contribution >= 4 is 24.3 Å². The van der Waals surface area contributed by atoms with Gasteiger partial charge in [-0.3, -0.25) is 0 Å².